The van der Waals surface area contributed by atoms with Gasteiger partial charge in [-0.05, 0) is 42.0 Å². The lowest BCUT2D eigenvalue weighted by molar-refractivity contribution is -0.384. The summed E-state index contributed by atoms with van der Waals surface area (Å²) in [6.07, 6.45) is -0.743. The molecule has 0 amide bonds. The first-order valence-corrected chi connectivity index (χ1v) is 6.40. The van der Waals surface area contributed by atoms with Crippen molar-refractivity contribution in [1.29, 1.82) is 0 Å². The van der Waals surface area contributed by atoms with Crippen LogP contribution >= 0.6 is 0 Å². The first kappa shape index (κ1) is 14.8. The Bertz CT molecular complexity index is 596. The van der Waals surface area contributed by atoms with Gasteiger partial charge in [-0.15, -0.1) is 0 Å². The highest BCUT2D eigenvalue weighted by Gasteiger charge is 2.10. The molecule has 0 radical (unpaired) electrons. The number of nitrogens with one attached hydrogen (secondary N) is 1. The summed E-state index contributed by atoms with van der Waals surface area (Å²) < 4.78 is 5.06. The van der Waals surface area contributed by atoms with Crippen molar-refractivity contribution < 1.29 is 14.8 Å². The second-order valence-electron chi connectivity index (χ2n) is 4.47. The summed E-state index contributed by atoms with van der Waals surface area (Å²) in [6, 6.07) is 13.2. The zero-order chi connectivity index (χ0) is 15.2. The van der Waals surface area contributed by atoms with Crippen molar-refractivity contribution in [2.24, 2.45) is 0 Å². The highest BCUT2D eigenvalue weighted by molar-refractivity contribution is 5.46. The fourth-order valence-electron chi connectivity index (χ4n) is 1.86. The summed E-state index contributed by atoms with van der Waals surface area (Å²) in [5, 5.41) is 23.7. The topological polar surface area (TPSA) is 84.6 Å². The number of rotatable bonds is 6. The minimum atomic E-state index is -0.743. The number of nitro groups is 1. The van der Waals surface area contributed by atoms with Gasteiger partial charge in [0.15, 0.2) is 0 Å². The predicted molar refractivity (Wildman–Crippen MR) is 79.5 cm³/mol. The number of ether oxygens (including phenoxy) is 1. The van der Waals surface area contributed by atoms with E-state index in [-0.39, 0.29) is 5.69 Å². The molecule has 110 valence electrons. The molecule has 1 unspecified atom stereocenters. The van der Waals surface area contributed by atoms with Crippen LogP contribution in [0.25, 0.3) is 0 Å². The monoisotopic (exact) mass is 288 g/mol. The van der Waals surface area contributed by atoms with Gasteiger partial charge >= 0.3 is 0 Å². The molecule has 0 spiro atoms. The lowest BCUT2D eigenvalue weighted by atomic mass is 10.1. The highest BCUT2D eigenvalue weighted by atomic mass is 16.6. The van der Waals surface area contributed by atoms with E-state index in [9.17, 15) is 15.2 Å². The summed E-state index contributed by atoms with van der Waals surface area (Å²) >= 11 is 0. The number of non-ortho nitro benzene ring substituents is 1. The maximum Gasteiger partial charge on any atom is 0.269 e. The van der Waals surface area contributed by atoms with Crippen LogP contribution in [0.3, 0.4) is 0 Å². The summed E-state index contributed by atoms with van der Waals surface area (Å²) in [5.41, 5.74) is 1.49. The van der Waals surface area contributed by atoms with Crippen LogP contribution in [0.4, 0.5) is 11.4 Å². The second kappa shape index (κ2) is 6.71. The molecule has 6 heteroatoms. The normalized spacial score (nSPS) is 11.7. The molecule has 2 N–H and O–H groups in total. The van der Waals surface area contributed by atoms with E-state index in [1.54, 1.807) is 19.2 Å². The molecule has 0 saturated heterocycles. The Morgan fingerprint density at radius 3 is 2.33 bits per heavy atom. The summed E-state index contributed by atoms with van der Waals surface area (Å²) in [6.45, 7) is 0.310. The Kier molecular flexibility index (Phi) is 4.73. The van der Waals surface area contributed by atoms with Crippen molar-refractivity contribution in [3.05, 3.63) is 64.2 Å². The Labute approximate surface area is 122 Å². The van der Waals surface area contributed by atoms with Crippen LogP contribution in [-0.2, 0) is 0 Å². The third-order valence-electron chi connectivity index (χ3n) is 3.08. The molecule has 0 aliphatic carbocycles. The maximum absolute atomic E-state index is 10.6. The third-order valence-corrected chi connectivity index (χ3v) is 3.08. The quantitative estimate of drug-likeness (QED) is 0.630. The van der Waals surface area contributed by atoms with Gasteiger partial charge < -0.3 is 15.2 Å². The Balaban J connectivity index is 1.94. The standard InChI is InChI=1S/C15H16N2O4/c1-21-14-8-4-12(5-9-14)16-10-15(18)11-2-6-13(7-3-11)17(19)20/h2-9,15-16,18H,10H2,1H3. The van der Waals surface area contributed by atoms with E-state index in [1.165, 1.54) is 12.1 Å². The summed E-state index contributed by atoms with van der Waals surface area (Å²) in [7, 11) is 1.60. The lowest BCUT2D eigenvalue weighted by Crippen LogP contribution is -2.12. The van der Waals surface area contributed by atoms with E-state index in [1.807, 2.05) is 24.3 Å². The van der Waals surface area contributed by atoms with Crippen molar-refractivity contribution in [3.63, 3.8) is 0 Å². The fraction of sp³-hybridized carbons (Fsp3) is 0.200. The van der Waals surface area contributed by atoms with E-state index in [0.717, 1.165) is 11.4 Å². The van der Waals surface area contributed by atoms with Crippen LogP contribution in [0, 0.1) is 10.1 Å². The number of aliphatic hydroxyl groups is 1. The molecular weight excluding hydrogens is 272 g/mol. The van der Waals surface area contributed by atoms with Gasteiger partial charge in [0.1, 0.15) is 5.75 Å². The average Bonchev–Trinajstić information content (AvgIpc) is 2.53. The van der Waals surface area contributed by atoms with Crippen molar-refractivity contribution in [2.75, 3.05) is 19.0 Å². The molecule has 0 fully saturated rings. The molecule has 0 aromatic heterocycles. The van der Waals surface area contributed by atoms with Gasteiger partial charge in [0.25, 0.3) is 5.69 Å². The number of hydrogen-bond acceptors (Lipinski definition) is 5. The molecule has 2 rings (SSSR count). The highest BCUT2D eigenvalue weighted by Crippen LogP contribution is 2.19. The Hall–Kier alpha value is -2.60. The van der Waals surface area contributed by atoms with Gasteiger partial charge in [-0.3, -0.25) is 10.1 Å². The van der Waals surface area contributed by atoms with Gasteiger partial charge in [0.05, 0.1) is 18.1 Å². The van der Waals surface area contributed by atoms with Crippen LogP contribution in [0.1, 0.15) is 11.7 Å². The predicted octanol–water partition coefficient (Wildman–Crippen LogP) is 2.75. The molecule has 0 bridgehead atoms. The van der Waals surface area contributed by atoms with Gasteiger partial charge in [-0.1, -0.05) is 0 Å². The largest absolute Gasteiger partial charge is 0.497 e. The smallest absolute Gasteiger partial charge is 0.269 e. The number of hydrogen-bond donors (Lipinski definition) is 2. The van der Waals surface area contributed by atoms with Crippen LogP contribution in [-0.4, -0.2) is 23.7 Å². The van der Waals surface area contributed by atoms with E-state index in [4.69, 9.17) is 4.74 Å². The number of nitrogens with zero attached hydrogens (tertiary/aromatic N) is 1. The molecule has 2 aromatic rings. The maximum atomic E-state index is 10.6. The zero-order valence-corrected chi connectivity index (χ0v) is 11.5. The number of nitro benzene ring substituents is 1. The molecule has 2 aromatic carbocycles. The van der Waals surface area contributed by atoms with E-state index in [2.05, 4.69) is 5.32 Å². The van der Waals surface area contributed by atoms with Crippen molar-refractivity contribution in [3.8, 4) is 5.75 Å². The molecule has 0 heterocycles. The number of benzene rings is 2. The number of methoxy groups -OCH3 is 1. The van der Waals surface area contributed by atoms with Crippen LogP contribution in [0.5, 0.6) is 5.75 Å². The van der Waals surface area contributed by atoms with Crippen LogP contribution in [0.15, 0.2) is 48.5 Å². The first-order chi connectivity index (χ1) is 10.1. The molecule has 21 heavy (non-hydrogen) atoms. The fourth-order valence-corrected chi connectivity index (χ4v) is 1.86. The van der Waals surface area contributed by atoms with Crippen molar-refractivity contribution >= 4 is 11.4 Å². The van der Waals surface area contributed by atoms with E-state index < -0.39 is 11.0 Å². The molecular formula is C15H16N2O4. The minimum Gasteiger partial charge on any atom is -0.497 e. The van der Waals surface area contributed by atoms with Crippen molar-refractivity contribution in [1.82, 2.24) is 0 Å². The zero-order valence-electron chi connectivity index (χ0n) is 11.5. The molecule has 0 saturated carbocycles. The average molecular weight is 288 g/mol. The molecule has 0 aliphatic heterocycles. The third kappa shape index (κ3) is 3.93. The van der Waals surface area contributed by atoms with E-state index in [0.29, 0.717) is 12.1 Å². The number of aliphatic hydroxyl groups excluding tert-OH is 1. The van der Waals surface area contributed by atoms with Gasteiger partial charge in [0.2, 0.25) is 0 Å². The second-order valence-corrected chi connectivity index (χ2v) is 4.47. The van der Waals surface area contributed by atoms with Crippen molar-refractivity contribution in [2.45, 2.75) is 6.10 Å². The molecule has 6 nitrogen and oxygen atoms in total. The number of anilines is 1. The van der Waals surface area contributed by atoms with Crippen LogP contribution in [0.2, 0.25) is 0 Å². The molecule has 1 atom stereocenters. The van der Waals surface area contributed by atoms with Gasteiger partial charge in [-0.2, -0.15) is 0 Å². The SMILES string of the molecule is COc1ccc(NCC(O)c2ccc([N+](=O)[O-])cc2)cc1. The van der Waals surface area contributed by atoms with Crippen LogP contribution < -0.4 is 10.1 Å². The molecule has 0 aliphatic rings. The minimum absolute atomic E-state index is 0.00839. The van der Waals surface area contributed by atoms with Gasteiger partial charge in [-0.25, -0.2) is 0 Å². The Morgan fingerprint density at radius 1 is 1.19 bits per heavy atom. The first-order valence-electron chi connectivity index (χ1n) is 6.40. The lowest BCUT2D eigenvalue weighted by Gasteiger charge is -2.13. The summed E-state index contributed by atoms with van der Waals surface area (Å²) in [5.74, 6) is 0.761. The van der Waals surface area contributed by atoms with E-state index >= 15 is 0 Å². The Morgan fingerprint density at radius 2 is 1.81 bits per heavy atom. The summed E-state index contributed by atoms with van der Waals surface area (Å²) in [4.78, 5) is 10.1. The van der Waals surface area contributed by atoms with Gasteiger partial charge in [0, 0.05) is 24.4 Å².